The number of ether oxygens (including phenoxy) is 1. The molecule has 0 aromatic heterocycles. The minimum atomic E-state index is -0.433. The van der Waals surface area contributed by atoms with Crippen molar-refractivity contribution in [3.8, 4) is 5.75 Å². The lowest BCUT2D eigenvalue weighted by molar-refractivity contribution is -0.152. The first-order valence-electron chi connectivity index (χ1n) is 6.42. The molecule has 1 aromatic carbocycles. The predicted molar refractivity (Wildman–Crippen MR) is 67.4 cm³/mol. The van der Waals surface area contributed by atoms with Crippen LogP contribution in [0, 0.1) is 11.2 Å². The smallest absolute Gasteiger partial charge is 0.173 e. The molecule has 1 spiro atoms. The van der Waals surface area contributed by atoms with Crippen molar-refractivity contribution in [3.05, 3.63) is 29.0 Å². The molecule has 98 valence electrons. The summed E-state index contributed by atoms with van der Waals surface area (Å²) in [5.74, 6) is -0.306. The summed E-state index contributed by atoms with van der Waals surface area (Å²) >= 11 is 5.96. The van der Waals surface area contributed by atoms with E-state index in [1.807, 2.05) is 0 Å². The van der Waals surface area contributed by atoms with Crippen molar-refractivity contribution in [1.82, 2.24) is 0 Å². The molecule has 2 nitrogen and oxygen atoms in total. The van der Waals surface area contributed by atoms with Crippen LogP contribution in [0.25, 0.3) is 0 Å². The minimum absolute atomic E-state index is 0.107. The molecule has 2 aliphatic rings. The maximum Gasteiger partial charge on any atom is 0.173 e. The Balaban J connectivity index is 1.81. The zero-order chi connectivity index (χ0) is 12.8. The molecule has 2 fully saturated rings. The van der Waals surface area contributed by atoms with Gasteiger partial charge in [-0.25, -0.2) is 4.39 Å². The standard InChI is InChI=1S/C14H16ClFO2/c15-9-4-3-5-10(16)13(9)18-12-8-11(17)14(12)6-1-2-7-14/h3-5,11-12,17H,1-2,6-8H2. The summed E-state index contributed by atoms with van der Waals surface area (Å²) < 4.78 is 19.4. The zero-order valence-corrected chi connectivity index (χ0v) is 10.8. The molecular formula is C14H16ClFO2. The van der Waals surface area contributed by atoms with Gasteiger partial charge in [0.05, 0.1) is 11.1 Å². The van der Waals surface area contributed by atoms with Crippen LogP contribution < -0.4 is 4.74 Å². The number of halogens is 2. The Morgan fingerprint density at radius 3 is 2.67 bits per heavy atom. The van der Waals surface area contributed by atoms with Crippen LogP contribution >= 0.6 is 11.6 Å². The van der Waals surface area contributed by atoms with E-state index < -0.39 is 5.82 Å². The average molecular weight is 271 g/mol. The van der Waals surface area contributed by atoms with Crippen molar-refractivity contribution in [2.75, 3.05) is 0 Å². The van der Waals surface area contributed by atoms with Gasteiger partial charge in [-0.05, 0) is 25.0 Å². The second kappa shape index (κ2) is 4.39. The highest BCUT2D eigenvalue weighted by Crippen LogP contribution is 2.55. The Labute approximate surface area is 111 Å². The second-order valence-electron chi connectivity index (χ2n) is 5.35. The number of aliphatic hydroxyl groups is 1. The molecule has 18 heavy (non-hydrogen) atoms. The highest BCUT2D eigenvalue weighted by atomic mass is 35.5. The van der Waals surface area contributed by atoms with Crippen LogP contribution in [0.5, 0.6) is 5.75 Å². The third-order valence-corrected chi connectivity index (χ3v) is 4.75. The van der Waals surface area contributed by atoms with Gasteiger partial charge in [0.15, 0.2) is 11.6 Å². The van der Waals surface area contributed by atoms with E-state index in [4.69, 9.17) is 16.3 Å². The first-order valence-corrected chi connectivity index (χ1v) is 6.80. The van der Waals surface area contributed by atoms with Gasteiger partial charge in [-0.2, -0.15) is 0 Å². The molecule has 2 atom stereocenters. The van der Waals surface area contributed by atoms with Crippen molar-refractivity contribution >= 4 is 11.6 Å². The van der Waals surface area contributed by atoms with E-state index in [1.165, 1.54) is 6.07 Å². The quantitative estimate of drug-likeness (QED) is 0.891. The van der Waals surface area contributed by atoms with Crippen LogP contribution in [-0.4, -0.2) is 17.3 Å². The summed E-state index contributed by atoms with van der Waals surface area (Å²) in [7, 11) is 0. The Morgan fingerprint density at radius 1 is 1.33 bits per heavy atom. The Morgan fingerprint density at radius 2 is 2.06 bits per heavy atom. The van der Waals surface area contributed by atoms with Crippen LogP contribution in [0.2, 0.25) is 5.02 Å². The summed E-state index contributed by atoms with van der Waals surface area (Å²) in [6, 6.07) is 4.53. The molecule has 0 radical (unpaired) electrons. The van der Waals surface area contributed by atoms with Crippen molar-refractivity contribution in [2.24, 2.45) is 5.41 Å². The number of para-hydroxylation sites is 1. The largest absolute Gasteiger partial charge is 0.485 e. The van der Waals surface area contributed by atoms with Gasteiger partial charge in [0.2, 0.25) is 0 Å². The monoisotopic (exact) mass is 270 g/mol. The molecule has 4 heteroatoms. The highest BCUT2D eigenvalue weighted by molar-refractivity contribution is 6.32. The number of hydrogen-bond donors (Lipinski definition) is 1. The van der Waals surface area contributed by atoms with Gasteiger partial charge in [0, 0.05) is 11.8 Å². The Kier molecular flexibility index (Phi) is 2.99. The first kappa shape index (κ1) is 12.2. The SMILES string of the molecule is OC1CC(Oc2c(F)cccc2Cl)C12CCCC2. The lowest BCUT2D eigenvalue weighted by Crippen LogP contribution is -2.58. The zero-order valence-electron chi connectivity index (χ0n) is 10.0. The Hall–Kier alpha value is -0.800. The van der Waals surface area contributed by atoms with Crippen molar-refractivity contribution < 1.29 is 14.2 Å². The Bertz CT molecular complexity index is 437. The van der Waals surface area contributed by atoms with Gasteiger partial charge >= 0.3 is 0 Å². The van der Waals surface area contributed by atoms with E-state index in [0.29, 0.717) is 11.4 Å². The van der Waals surface area contributed by atoms with Gasteiger partial charge in [-0.1, -0.05) is 30.5 Å². The fourth-order valence-corrected chi connectivity index (χ4v) is 3.53. The molecule has 2 saturated carbocycles. The van der Waals surface area contributed by atoms with Crippen LogP contribution in [0.1, 0.15) is 32.1 Å². The van der Waals surface area contributed by atoms with Gasteiger partial charge in [0.25, 0.3) is 0 Å². The van der Waals surface area contributed by atoms with Crippen LogP contribution in [0.4, 0.5) is 4.39 Å². The molecule has 0 bridgehead atoms. The molecule has 0 aliphatic heterocycles. The molecule has 1 aromatic rings. The normalized spacial score (nSPS) is 29.3. The molecule has 2 aliphatic carbocycles. The summed E-state index contributed by atoms with van der Waals surface area (Å²) in [6.45, 7) is 0. The molecule has 0 heterocycles. The maximum atomic E-state index is 13.7. The summed E-state index contributed by atoms with van der Waals surface area (Å²) in [5, 5.41) is 10.3. The lowest BCUT2D eigenvalue weighted by atomic mass is 9.62. The van der Waals surface area contributed by atoms with Gasteiger partial charge < -0.3 is 9.84 Å². The number of hydrogen-bond acceptors (Lipinski definition) is 2. The molecule has 1 N–H and O–H groups in total. The number of aliphatic hydroxyl groups excluding tert-OH is 1. The van der Waals surface area contributed by atoms with Gasteiger partial charge in [-0.15, -0.1) is 0 Å². The second-order valence-corrected chi connectivity index (χ2v) is 5.76. The van der Waals surface area contributed by atoms with Crippen molar-refractivity contribution in [1.29, 1.82) is 0 Å². The van der Waals surface area contributed by atoms with Crippen LogP contribution in [0.15, 0.2) is 18.2 Å². The van der Waals surface area contributed by atoms with E-state index in [2.05, 4.69) is 0 Å². The van der Waals surface area contributed by atoms with E-state index >= 15 is 0 Å². The first-order chi connectivity index (χ1) is 8.63. The fourth-order valence-electron chi connectivity index (χ4n) is 3.32. The number of benzene rings is 1. The van der Waals surface area contributed by atoms with E-state index in [-0.39, 0.29) is 23.4 Å². The van der Waals surface area contributed by atoms with Crippen LogP contribution in [-0.2, 0) is 0 Å². The average Bonchev–Trinajstić information content (AvgIpc) is 2.84. The molecule has 0 saturated heterocycles. The number of rotatable bonds is 2. The van der Waals surface area contributed by atoms with E-state index in [0.717, 1.165) is 25.7 Å². The molecule has 2 unspecified atom stereocenters. The predicted octanol–water partition coefficient (Wildman–Crippen LogP) is 3.55. The van der Waals surface area contributed by atoms with Crippen LogP contribution in [0.3, 0.4) is 0 Å². The summed E-state index contributed by atoms with van der Waals surface area (Å²) in [4.78, 5) is 0. The van der Waals surface area contributed by atoms with E-state index in [1.54, 1.807) is 12.1 Å². The highest BCUT2D eigenvalue weighted by Gasteiger charge is 2.57. The molecule has 0 amide bonds. The summed E-state index contributed by atoms with van der Waals surface area (Å²) in [5.41, 5.74) is -0.161. The topological polar surface area (TPSA) is 29.5 Å². The minimum Gasteiger partial charge on any atom is -0.485 e. The van der Waals surface area contributed by atoms with Crippen molar-refractivity contribution in [3.63, 3.8) is 0 Å². The molecular weight excluding hydrogens is 255 g/mol. The fraction of sp³-hybridized carbons (Fsp3) is 0.571. The van der Waals surface area contributed by atoms with Crippen molar-refractivity contribution in [2.45, 2.75) is 44.3 Å². The van der Waals surface area contributed by atoms with E-state index in [9.17, 15) is 9.50 Å². The third kappa shape index (κ3) is 1.72. The summed E-state index contributed by atoms with van der Waals surface area (Å²) in [6.07, 6.45) is 4.31. The van der Waals surface area contributed by atoms with Gasteiger partial charge in [-0.3, -0.25) is 0 Å². The maximum absolute atomic E-state index is 13.7. The lowest BCUT2D eigenvalue weighted by Gasteiger charge is -2.51. The molecule has 3 rings (SSSR count). The third-order valence-electron chi connectivity index (χ3n) is 4.46. The van der Waals surface area contributed by atoms with Gasteiger partial charge in [0.1, 0.15) is 6.10 Å².